The summed E-state index contributed by atoms with van der Waals surface area (Å²) in [4.78, 5) is 12.3. The lowest BCUT2D eigenvalue weighted by molar-refractivity contribution is 0.103. The molecular weight excluding hydrogens is 264 g/mol. The fraction of sp³-hybridized carbons (Fsp3) is 0.0714. The van der Waals surface area contributed by atoms with Gasteiger partial charge >= 0.3 is 0 Å². The lowest BCUT2D eigenvalue weighted by Gasteiger charge is -2.07. The van der Waals surface area contributed by atoms with E-state index in [1.807, 2.05) is 0 Å². The van der Waals surface area contributed by atoms with Crippen LogP contribution < -0.4 is 16.2 Å². The molecule has 2 rings (SSSR count). The Morgan fingerprint density at radius 3 is 2.26 bits per heavy atom. The average Bonchev–Trinajstić information content (AvgIpc) is 2.36. The number of anilines is 2. The van der Waals surface area contributed by atoms with Crippen LogP contribution >= 0.6 is 11.6 Å². The molecule has 0 fully saturated rings. The Kier molecular flexibility index (Phi) is 3.62. The summed E-state index contributed by atoms with van der Waals surface area (Å²) in [7, 11) is 1.53. The zero-order chi connectivity index (χ0) is 14.0. The second-order valence-corrected chi connectivity index (χ2v) is 4.47. The molecule has 0 aromatic heterocycles. The normalized spacial score (nSPS) is 10.2. The van der Waals surface area contributed by atoms with Gasteiger partial charge in [0.1, 0.15) is 5.75 Å². The number of nitrogens with two attached hydrogens (primary N) is 2. The highest BCUT2D eigenvalue weighted by molar-refractivity contribution is 6.35. The second-order valence-electron chi connectivity index (χ2n) is 4.06. The predicted octanol–water partition coefficient (Wildman–Crippen LogP) is 2.74. The standard InChI is InChI=1S/C14H13ClN2O2/c1-19-11-2-3-12(13(15)7-11)14(18)8-4-9(16)6-10(17)5-8/h2-7H,16-17H2,1H3. The monoisotopic (exact) mass is 276 g/mol. The number of carbonyl (C=O) groups is 1. The first-order valence-electron chi connectivity index (χ1n) is 5.55. The molecule has 0 aliphatic carbocycles. The van der Waals surface area contributed by atoms with Crippen molar-refractivity contribution in [3.05, 3.63) is 52.5 Å². The third-order valence-corrected chi connectivity index (χ3v) is 2.97. The van der Waals surface area contributed by atoms with Crippen LogP contribution in [0.4, 0.5) is 11.4 Å². The molecule has 0 saturated carbocycles. The lowest BCUT2D eigenvalue weighted by atomic mass is 10.0. The first kappa shape index (κ1) is 13.2. The van der Waals surface area contributed by atoms with Crippen LogP contribution in [0, 0.1) is 0 Å². The maximum absolute atomic E-state index is 12.3. The zero-order valence-electron chi connectivity index (χ0n) is 10.3. The van der Waals surface area contributed by atoms with Crippen LogP contribution in [0.15, 0.2) is 36.4 Å². The summed E-state index contributed by atoms with van der Waals surface area (Å²) in [6.45, 7) is 0. The Morgan fingerprint density at radius 2 is 1.74 bits per heavy atom. The van der Waals surface area contributed by atoms with Gasteiger partial charge in [0.25, 0.3) is 0 Å². The highest BCUT2D eigenvalue weighted by Gasteiger charge is 2.14. The molecule has 2 aromatic carbocycles. The van der Waals surface area contributed by atoms with E-state index in [2.05, 4.69) is 0 Å². The van der Waals surface area contributed by atoms with Gasteiger partial charge in [0, 0.05) is 22.5 Å². The van der Waals surface area contributed by atoms with E-state index in [1.54, 1.807) is 36.4 Å². The Morgan fingerprint density at radius 1 is 1.11 bits per heavy atom. The van der Waals surface area contributed by atoms with Gasteiger partial charge < -0.3 is 16.2 Å². The molecule has 0 saturated heterocycles. The molecule has 0 bridgehead atoms. The van der Waals surface area contributed by atoms with Crippen LogP contribution in [0.3, 0.4) is 0 Å². The molecule has 5 heteroatoms. The van der Waals surface area contributed by atoms with Gasteiger partial charge in [-0.05, 0) is 36.4 Å². The van der Waals surface area contributed by atoms with Crippen LogP contribution in [0.5, 0.6) is 5.75 Å². The van der Waals surface area contributed by atoms with E-state index in [0.717, 1.165) is 0 Å². The SMILES string of the molecule is COc1ccc(C(=O)c2cc(N)cc(N)c2)c(Cl)c1. The Hall–Kier alpha value is -2.20. The first-order valence-corrected chi connectivity index (χ1v) is 5.93. The molecule has 0 unspecified atom stereocenters. The van der Waals surface area contributed by atoms with Crippen molar-refractivity contribution in [2.24, 2.45) is 0 Å². The number of hydrogen-bond donors (Lipinski definition) is 2. The number of ether oxygens (including phenoxy) is 1. The van der Waals surface area contributed by atoms with Crippen molar-refractivity contribution in [2.45, 2.75) is 0 Å². The topological polar surface area (TPSA) is 78.3 Å². The van der Waals surface area contributed by atoms with Gasteiger partial charge in [-0.25, -0.2) is 0 Å². The molecule has 0 atom stereocenters. The van der Waals surface area contributed by atoms with Gasteiger partial charge in [0.15, 0.2) is 5.78 Å². The summed E-state index contributed by atoms with van der Waals surface area (Å²) < 4.78 is 5.04. The third kappa shape index (κ3) is 2.80. The molecule has 19 heavy (non-hydrogen) atoms. The van der Waals surface area contributed by atoms with Crippen molar-refractivity contribution in [1.29, 1.82) is 0 Å². The number of nitrogen functional groups attached to an aromatic ring is 2. The molecule has 0 spiro atoms. The molecular formula is C14H13ClN2O2. The van der Waals surface area contributed by atoms with Crippen LogP contribution in [-0.2, 0) is 0 Å². The molecule has 0 aliphatic rings. The van der Waals surface area contributed by atoms with Gasteiger partial charge in [-0.2, -0.15) is 0 Å². The fourth-order valence-electron chi connectivity index (χ4n) is 1.77. The summed E-state index contributed by atoms with van der Waals surface area (Å²) in [6.07, 6.45) is 0. The highest BCUT2D eigenvalue weighted by atomic mass is 35.5. The second kappa shape index (κ2) is 5.20. The molecule has 0 amide bonds. The minimum absolute atomic E-state index is 0.230. The summed E-state index contributed by atoms with van der Waals surface area (Å²) in [5.41, 5.74) is 13.0. The smallest absolute Gasteiger partial charge is 0.194 e. The average molecular weight is 277 g/mol. The summed E-state index contributed by atoms with van der Waals surface area (Å²) >= 11 is 6.07. The van der Waals surface area contributed by atoms with E-state index in [4.69, 9.17) is 27.8 Å². The number of benzene rings is 2. The van der Waals surface area contributed by atoms with Crippen molar-refractivity contribution in [1.82, 2.24) is 0 Å². The fourth-order valence-corrected chi connectivity index (χ4v) is 2.03. The molecule has 4 nitrogen and oxygen atoms in total. The molecule has 4 N–H and O–H groups in total. The van der Waals surface area contributed by atoms with Crippen molar-refractivity contribution >= 4 is 28.8 Å². The van der Waals surface area contributed by atoms with Gasteiger partial charge in [-0.15, -0.1) is 0 Å². The van der Waals surface area contributed by atoms with E-state index in [9.17, 15) is 4.79 Å². The number of halogens is 1. The summed E-state index contributed by atoms with van der Waals surface area (Å²) in [5.74, 6) is 0.361. The van der Waals surface area contributed by atoms with Crippen LogP contribution in [-0.4, -0.2) is 12.9 Å². The van der Waals surface area contributed by atoms with Crippen molar-refractivity contribution < 1.29 is 9.53 Å². The number of carbonyl (C=O) groups excluding carboxylic acids is 1. The van der Waals surface area contributed by atoms with Crippen molar-refractivity contribution in [3.8, 4) is 5.75 Å². The number of hydrogen-bond acceptors (Lipinski definition) is 4. The lowest BCUT2D eigenvalue weighted by Crippen LogP contribution is -2.04. The van der Waals surface area contributed by atoms with Crippen molar-refractivity contribution in [3.63, 3.8) is 0 Å². The molecule has 0 heterocycles. The Labute approximate surface area is 115 Å². The minimum atomic E-state index is -0.230. The highest BCUT2D eigenvalue weighted by Crippen LogP contribution is 2.26. The molecule has 98 valence electrons. The summed E-state index contributed by atoms with van der Waals surface area (Å²) in [5, 5.41) is 0.324. The van der Waals surface area contributed by atoms with Gasteiger partial charge in [0.2, 0.25) is 0 Å². The Bertz CT molecular complexity index is 621. The molecule has 0 radical (unpaired) electrons. The van der Waals surface area contributed by atoms with Gasteiger partial charge in [-0.1, -0.05) is 11.6 Å². The predicted molar refractivity (Wildman–Crippen MR) is 76.7 cm³/mol. The van der Waals surface area contributed by atoms with E-state index in [-0.39, 0.29) is 5.78 Å². The zero-order valence-corrected chi connectivity index (χ0v) is 11.1. The van der Waals surface area contributed by atoms with E-state index in [1.165, 1.54) is 7.11 Å². The molecule has 0 aliphatic heterocycles. The van der Waals surface area contributed by atoms with E-state index in [0.29, 0.717) is 33.3 Å². The van der Waals surface area contributed by atoms with Gasteiger partial charge in [0.05, 0.1) is 12.1 Å². The maximum atomic E-state index is 12.3. The van der Waals surface area contributed by atoms with Gasteiger partial charge in [-0.3, -0.25) is 4.79 Å². The first-order chi connectivity index (χ1) is 9.01. The van der Waals surface area contributed by atoms with E-state index >= 15 is 0 Å². The third-order valence-electron chi connectivity index (χ3n) is 2.66. The number of rotatable bonds is 3. The number of methoxy groups -OCH3 is 1. The summed E-state index contributed by atoms with van der Waals surface area (Å²) in [6, 6.07) is 9.60. The van der Waals surface area contributed by atoms with E-state index < -0.39 is 0 Å². The van der Waals surface area contributed by atoms with Crippen LogP contribution in [0.1, 0.15) is 15.9 Å². The quantitative estimate of drug-likeness (QED) is 0.667. The van der Waals surface area contributed by atoms with Crippen LogP contribution in [0.2, 0.25) is 5.02 Å². The Balaban J connectivity index is 2.44. The largest absolute Gasteiger partial charge is 0.497 e. The van der Waals surface area contributed by atoms with Crippen molar-refractivity contribution in [2.75, 3.05) is 18.6 Å². The maximum Gasteiger partial charge on any atom is 0.194 e. The van der Waals surface area contributed by atoms with Crippen LogP contribution in [0.25, 0.3) is 0 Å². The minimum Gasteiger partial charge on any atom is -0.497 e. The molecule has 2 aromatic rings. The number of ketones is 1.